The summed E-state index contributed by atoms with van der Waals surface area (Å²) in [7, 11) is -2.58. The average Bonchev–Trinajstić information content (AvgIpc) is 2.76. The third-order valence-corrected chi connectivity index (χ3v) is 7.36. The Morgan fingerprint density at radius 1 is 1.17 bits per heavy atom. The Morgan fingerprint density at radius 3 is 2.63 bits per heavy atom. The lowest BCUT2D eigenvalue weighted by atomic mass is 10.1. The van der Waals surface area contributed by atoms with E-state index < -0.39 is 16.0 Å². The number of benzene rings is 2. The fourth-order valence-electron chi connectivity index (χ4n) is 3.05. The maximum Gasteiger partial charge on any atom is 0.316 e. The second-order valence-corrected chi connectivity index (χ2v) is 9.60. The van der Waals surface area contributed by atoms with E-state index in [-0.39, 0.29) is 17.2 Å². The zero-order valence-corrected chi connectivity index (χ0v) is 18.2. The Kier molecular flexibility index (Phi) is 5.68. The van der Waals surface area contributed by atoms with Crippen LogP contribution in [0.3, 0.4) is 0 Å². The lowest BCUT2D eigenvalue weighted by Gasteiger charge is -2.31. The standard InChI is InChI=1S/C20H16ClN3O4S2/c1-28-18(25)12-29-20-22-10-17-19(23-20)15-4-2-3-5-16(15)24(30(17,26)27)11-13-6-8-14(21)9-7-13/h2-10H,11-12H2,1H3. The number of hydrogen-bond acceptors (Lipinski definition) is 7. The summed E-state index contributed by atoms with van der Waals surface area (Å²) in [5.74, 6) is -0.379. The Hall–Kier alpha value is -2.62. The van der Waals surface area contributed by atoms with Crippen molar-refractivity contribution in [3.8, 4) is 11.3 Å². The van der Waals surface area contributed by atoms with Crippen molar-refractivity contribution in [1.29, 1.82) is 0 Å². The molecule has 30 heavy (non-hydrogen) atoms. The predicted octanol–water partition coefficient (Wildman–Crippen LogP) is 3.77. The number of fused-ring (bicyclic) bond motifs is 3. The highest BCUT2D eigenvalue weighted by atomic mass is 35.5. The molecule has 0 aliphatic carbocycles. The summed E-state index contributed by atoms with van der Waals surface area (Å²) in [5, 5.41) is 0.881. The van der Waals surface area contributed by atoms with E-state index >= 15 is 0 Å². The van der Waals surface area contributed by atoms with E-state index in [9.17, 15) is 13.2 Å². The third-order valence-electron chi connectivity index (χ3n) is 4.52. The number of carbonyl (C=O) groups is 1. The smallest absolute Gasteiger partial charge is 0.316 e. The van der Waals surface area contributed by atoms with Crippen molar-refractivity contribution in [2.45, 2.75) is 16.6 Å². The van der Waals surface area contributed by atoms with Gasteiger partial charge in [-0.15, -0.1) is 0 Å². The number of sulfonamides is 1. The highest BCUT2D eigenvalue weighted by Crippen LogP contribution is 2.42. The summed E-state index contributed by atoms with van der Waals surface area (Å²) < 4.78 is 32.8. The Morgan fingerprint density at radius 2 is 1.90 bits per heavy atom. The van der Waals surface area contributed by atoms with Gasteiger partial charge in [0, 0.05) is 10.6 Å². The molecule has 3 aromatic rings. The number of thioether (sulfide) groups is 1. The fraction of sp³-hybridized carbons (Fsp3) is 0.150. The van der Waals surface area contributed by atoms with Crippen molar-refractivity contribution in [1.82, 2.24) is 9.97 Å². The van der Waals surface area contributed by atoms with Gasteiger partial charge < -0.3 is 4.74 Å². The first-order chi connectivity index (χ1) is 14.4. The number of methoxy groups -OCH3 is 1. The highest BCUT2D eigenvalue weighted by molar-refractivity contribution is 7.99. The minimum Gasteiger partial charge on any atom is -0.468 e. The van der Waals surface area contributed by atoms with Gasteiger partial charge in [0.05, 0.1) is 37.0 Å². The molecule has 0 amide bonds. The van der Waals surface area contributed by atoms with Crippen LogP contribution in [0.25, 0.3) is 11.3 Å². The number of halogens is 1. The summed E-state index contributed by atoms with van der Waals surface area (Å²) in [6, 6.07) is 14.2. The molecule has 0 radical (unpaired) electrons. The molecule has 0 fully saturated rings. The molecule has 0 unspecified atom stereocenters. The number of aromatic nitrogens is 2. The van der Waals surface area contributed by atoms with Crippen LogP contribution in [0, 0.1) is 0 Å². The van der Waals surface area contributed by atoms with Gasteiger partial charge in [0.15, 0.2) is 5.16 Å². The maximum absolute atomic E-state index is 13.4. The minimum atomic E-state index is -3.88. The zero-order chi connectivity index (χ0) is 21.3. The molecule has 154 valence electrons. The van der Waals surface area contributed by atoms with E-state index in [0.717, 1.165) is 17.3 Å². The van der Waals surface area contributed by atoms with E-state index in [1.807, 2.05) is 12.1 Å². The molecule has 0 N–H and O–H groups in total. The molecule has 0 spiro atoms. The van der Waals surface area contributed by atoms with Crippen LogP contribution in [0.15, 0.2) is 64.8 Å². The SMILES string of the molecule is COC(=O)CSc1ncc2c(n1)-c1ccccc1N(Cc1ccc(Cl)cc1)S2(=O)=O. The van der Waals surface area contributed by atoms with Crippen LogP contribution in [0.5, 0.6) is 0 Å². The highest BCUT2D eigenvalue weighted by Gasteiger charge is 2.36. The number of esters is 1. The van der Waals surface area contributed by atoms with E-state index in [1.165, 1.54) is 17.6 Å². The largest absolute Gasteiger partial charge is 0.468 e. The molecular weight excluding hydrogens is 446 g/mol. The number of nitrogens with zero attached hydrogens (tertiary/aromatic N) is 3. The lowest BCUT2D eigenvalue weighted by Crippen LogP contribution is -2.34. The lowest BCUT2D eigenvalue weighted by molar-refractivity contribution is -0.137. The Bertz CT molecular complexity index is 1220. The molecular formula is C20H16ClN3O4S2. The topological polar surface area (TPSA) is 89.5 Å². The molecule has 0 saturated heterocycles. The van der Waals surface area contributed by atoms with Crippen molar-refractivity contribution in [3.05, 3.63) is 65.3 Å². The molecule has 2 aromatic carbocycles. The molecule has 1 aliphatic heterocycles. The van der Waals surface area contributed by atoms with Gasteiger partial charge in [-0.1, -0.05) is 53.7 Å². The molecule has 0 atom stereocenters. The molecule has 7 nitrogen and oxygen atoms in total. The second-order valence-electron chi connectivity index (χ2n) is 6.39. The van der Waals surface area contributed by atoms with Crippen LogP contribution in [0.2, 0.25) is 5.02 Å². The zero-order valence-electron chi connectivity index (χ0n) is 15.8. The van der Waals surface area contributed by atoms with Crippen LogP contribution in [-0.4, -0.2) is 37.2 Å². The van der Waals surface area contributed by atoms with Crippen LogP contribution < -0.4 is 4.31 Å². The monoisotopic (exact) mass is 461 g/mol. The number of para-hydroxylation sites is 1. The minimum absolute atomic E-state index is 0.0255. The summed E-state index contributed by atoms with van der Waals surface area (Å²) in [5.41, 5.74) is 2.33. The Balaban J connectivity index is 1.77. The van der Waals surface area contributed by atoms with Gasteiger partial charge in [-0.25, -0.2) is 18.4 Å². The van der Waals surface area contributed by atoms with Gasteiger partial charge in [0.2, 0.25) is 0 Å². The van der Waals surface area contributed by atoms with Gasteiger partial charge in [0.1, 0.15) is 4.90 Å². The first-order valence-electron chi connectivity index (χ1n) is 8.83. The van der Waals surface area contributed by atoms with Crippen LogP contribution >= 0.6 is 23.4 Å². The van der Waals surface area contributed by atoms with E-state index in [2.05, 4.69) is 14.7 Å². The van der Waals surface area contributed by atoms with Gasteiger partial charge >= 0.3 is 5.97 Å². The van der Waals surface area contributed by atoms with Crippen molar-refractivity contribution >= 4 is 45.0 Å². The van der Waals surface area contributed by atoms with Crippen molar-refractivity contribution < 1.29 is 17.9 Å². The van der Waals surface area contributed by atoms with E-state index in [4.69, 9.17) is 11.6 Å². The fourth-order valence-corrected chi connectivity index (χ4v) is 5.39. The number of carbonyl (C=O) groups excluding carboxylic acids is 1. The molecule has 0 bridgehead atoms. The molecule has 10 heteroatoms. The summed E-state index contributed by atoms with van der Waals surface area (Å²) in [6.45, 7) is 0.148. The van der Waals surface area contributed by atoms with Crippen LogP contribution in [0.4, 0.5) is 5.69 Å². The average molecular weight is 462 g/mol. The number of rotatable bonds is 5. The van der Waals surface area contributed by atoms with Crippen LogP contribution in [0.1, 0.15) is 5.56 Å². The molecule has 4 rings (SSSR count). The first kappa shape index (κ1) is 20.6. The van der Waals surface area contributed by atoms with E-state index in [1.54, 1.807) is 36.4 Å². The normalized spacial score (nSPS) is 14.0. The van der Waals surface area contributed by atoms with E-state index in [0.29, 0.717) is 27.1 Å². The van der Waals surface area contributed by atoms with Gasteiger partial charge in [-0.05, 0) is 23.8 Å². The maximum atomic E-state index is 13.4. The van der Waals surface area contributed by atoms with Gasteiger partial charge in [-0.3, -0.25) is 9.10 Å². The van der Waals surface area contributed by atoms with Crippen LogP contribution in [-0.2, 0) is 26.1 Å². The van der Waals surface area contributed by atoms with Gasteiger partial charge in [0.25, 0.3) is 10.0 Å². The molecule has 1 aliphatic rings. The molecule has 1 aromatic heterocycles. The number of anilines is 1. The van der Waals surface area contributed by atoms with Crippen molar-refractivity contribution in [3.63, 3.8) is 0 Å². The summed E-state index contributed by atoms with van der Waals surface area (Å²) >= 11 is 7.04. The second kappa shape index (κ2) is 8.25. The quantitative estimate of drug-likeness (QED) is 0.324. The molecule has 0 saturated carbocycles. The number of ether oxygens (including phenoxy) is 1. The predicted molar refractivity (Wildman–Crippen MR) is 115 cm³/mol. The van der Waals surface area contributed by atoms with Crippen molar-refractivity contribution in [2.24, 2.45) is 0 Å². The first-order valence-corrected chi connectivity index (χ1v) is 11.6. The third kappa shape index (κ3) is 3.88. The van der Waals surface area contributed by atoms with Crippen molar-refractivity contribution in [2.75, 3.05) is 17.2 Å². The summed E-state index contributed by atoms with van der Waals surface area (Å²) in [6.07, 6.45) is 1.29. The Labute approximate surface area is 183 Å². The summed E-state index contributed by atoms with van der Waals surface area (Å²) in [4.78, 5) is 20.0. The van der Waals surface area contributed by atoms with Gasteiger partial charge in [-0.2, -0.15) is 0 Å². The molecule has 2 heterocycles. The number of hydrogen-bond donors (Lipinski definition) is 0.